The maximum atomic E-state index is 12.4. The third-order valence-electron chi connectivity index (χ3n) is 4.42. The minimum Gasteiger partial charge on any atom is -0.462 e. The van der Waals surface area contributed by atoms with E-state index in [1.807, 2.05) is 0 Å². The molecule has 0 radical (unpaired) electrons. The Morgan fingerprint density at radius 3 is 2.84 bits per heavy atom. The van der Waals surface area contributed by atoms with Gasteiger partial charge in [0.1, 0.15) is 5.00 Å². The molecular formula is C17H23N3O4S. The van der Waals surface area contributed by atoms with Gasteiger partial charge in [-0.05, 0) is 38.2 Å². The molecule has 1 saturated heterocycles. The Morgan fingerprint density at radius 1 is 1.28 bits per heavy atom. The summed E-state index contributed by atoms with van der Waals surface area (Å²) in [4.78, 5) is 37.7. The van der Waals surface area contributed by atoms with Crippen LogP contribution in [-0.2, 0) is 27.2 Å². The first-order valence-electron chi connectivity index (χ1n) is 8.72. The highest BCUT2D eigenvalue weighted by Crippen LogP contribution is 2.38. The van der Waals surface area contributed by atoms with Crippen molar-refractivity contribution in [2.75, 3.05) is 25.0 Å². The monoisotopic (exact) mass is 365 g/mol. The van der Waals surface area contributed by atoms with Crippen LogP contribution >= 0.6 is 11.3 Å². The zero-order valence-corrected chi connectivity index (χ0v) is 15.1. The number of piperazine rings is 1. The molecule has 0 spiro atoms. The van der Waals surface area contributed by atoms with Crippen LogP contribution in [0.3, 0.4) is 0 Å². The molecule has 1 atom stereocenters. The molecule has 136 valence electrons. The predicted molar refractivity (Wildman–Crippen MR) is 95.0 cm³/mol. The van der Waals surface area contributed by atoms with Crippen LogP contribution in [0, 0.1) is 0 Å². The third-order valence-corrected chi connectivity index (χ3v) is 5.63. The number of anilines is 1. The van der Waals surface area contributed by atoms with Gasteiger partial charge < -0.3 is 20.7 Å². The zero-order valence-electron chi connectivity index (χ0n) is 14.3. The van der Waals surface area contributed by atoms with Gasteiger partial charge in [0.25, 0.3) is 0 Å². The quantitative estimate of drug-likeness (QED) is 0.682. The molecule has 0 unspecified atom stereocenters. The number of hydrogen-bond acceptors (Lipinski definition) is 6. The van der Waals surface area contributed by atoms with Crippen molar-refractivity contribution in [1.82, 2.24) is 10.6 Å². The van der Waals surface area contributed by atoms with E-state index in [0.717, 1.165) is 36.1 Å². The highest BCUT2D eigenvalue weighted by molar-refractivity contribution is 7.17. The fourth-order valence-electron chi connectivity index (χ4n) is 3.25. The van der Waals surface area contributed by atoms with Gasteiger partial charge in [-0.3, -0.25) is 9.59 Å². The summed E-state index contributed by atoms with van der Waals surface area (Å²) in [5, 5.41) is 9.15. The van der Waals surface area contributed by atoms with Crippen molar-refractivity contribution in [3.05, 3.63) is 16.0 Å². The normalized spacial score (nSPS) is 19.7. The minimum absolute atomic E-state index is 0.0384. The second-order valence-corrected chi connectivity index (χ2v) is 7.29. The molecule has 3 N–H and O–H groups in total. The number of carbonyl (C=O) groups excluding carboxylic acids is 3. The van der Waals surface area contributed by atoms with Crippen LogP contribution < -0.4 is 16.0 Å². The van der Waals surface area contributed by atoms with Gasteiger partial charge in [-0.2, -0.15) is 0 Å². The molecule has 8 heteroatoms. The molecule has 0 bridgehead atoms. The summed E-state index contributed by atoms with van der Waals surface area (Å²) in [6.45, 7) is 3.28. The summed E-state index contributed by atoms with van der Waals surface area (Å²) < 4.78 is 5.18. The molecule has 1 aromatic rings. The van der Waals surface area contributed by atoms with Gasteiger partial charge >= 0.3 is 5.97 Å². The average Bonchev–Trinajstić information content (AvgIpc) is 2.95. The smallest absolute Gasteiger partial charge is 0.341 e. The number of thiophene rings is 1. The number of aryl methyl sites for hydroxylation is 1. The van der Waals surface area contributed by atoms with E-state index in [4.69, 9.17) is 4.74 Å². The van der Waals surface area contributed by atoms with Gasteiger partial charge in [-0.25, -0.2) is 4.79 Å². The molecule has 2 heterocycles. The maximum absolute atomic E-state index is 12.4. The van der Waals surface area contributed by atoms with Crippen LogP contribution in [0.4, 0.5) is 5.00 Å². The lowest BCUT2D eigenvalue weighted by Crippen LogP contribution is -2.53. The first kappa shape index (κ1) is 17.9. The third kappa shape index (κ3) is 4.01. The summed E-state index contributed by atoms with van der Waals surface area (Å²) in [5.74, 6) is -0.832. The minimum atomic E-state index is -0.533. The number of esters is 1. The molecule has 7 nitrogen and oxygen atoms in total. The van der Waals surface area contributed by atoms with Crippen LogP contribution in [-0.4, -0.2) is 43.5 Å². The Hall–Kier alpha value is -1.93. The number of amides is 2. The van der Waals surface area contributed by atoms with E-state index in [2.05, 4.69) is 16.0 Å². The van der Waals surface area contributed by atoms with E-state index in [1.165, 1.54) is 11.3 Å². The molecule has 2 amide bonds. The Balaban J connectivity index is 1.76. The summed E-state index contributed by atoms with van der Waals surface area (Å²) >= 11 is 1.45. The molecule has 0 saturated carbocycles. The van der Waals surface area contributed by atoms with Gasteiger partial charge in [0.15, 0.2) is 0 Å². The highest BCUT2D eigenvalue weighted by atomic mass is 32.1. The van der Waals surface area contributed by atoms with Gasteiger partial charge in [0.05, 0.1) is 24.6 Å². The Morgan fingerprint density at radius 2 is 2.08 bits per heavy atom. The summed E-state index contributed by atoms with van der Waals surface area (Å²) in [5.41, 5.74) is 1.51. The Kier molecular flexibility index (Phi) is 5.70. The molecule has 1 fully saturated rings. The number of carbonyl (C=O) groups is 3. The number of hydrogen-bond donors (Lipinski definition) is 3. The predicted octanol–water partition coefficient (Wildman–Crippen LogP) is 1.22. The molecule has 2 aliphatic rings. The van der Waals surface area contributed by atoms with Gasteiger partial charge in [-0.1, -0.05) is 0 Å². The topological polar surface area (TPSA) is 96.5 Å². The maximum Gasteiger partial charge on any atom is 0.341 e. The van der Waals surface area contributed by atoms with Crippen molar-refractivity contribution >= 4 is 34.1 Å². The largest absolute Gasteiger partial charge is 0.462 e. The van der Waals surface area contributed by atoms with Crippen molar-refractivity contribution in [1.29, 1.82) is 0 Å². The van der Waals surface area contributed by atoms with Crippen LogP contribution in [0.1, 0.15) is 47.0 Å². The molecule has 25 heavy (non-hydrogen) atoms. The highest BCUT2D eigenvalue weighted by Gasteiger charge is 2.29. The van der Waals surface area contributed by atoms with E-state index in [1.54, 1.807) is 6.92 Å². The summed E-state index contributed by atoms with van der Waals surface area (Å²) in [6, 6.07) is -0.533. The molecule has 1 aromatic heterocycles. The van der Waals surface area contributed by atoms with Gasteiger partial charge in [-0.15, -0.1) is 11.3 Å². The van der Waals surface area contributed by atoms with E-state index in [9.17, 15) is 14.4 Å². The molecule has 1 aliphatic carbocycles. The molecular weight excluding hydrogens is 342 g/mol. The van der Waals surface area contributed by atoms with E-state index in [-0.39, 0.29) is 24.2 Å². The first-order valence-corrected chi connectivity index (χ1v) is 9.54. The van der Waals surface area contributed by atoms with E-state index in [0.29, 0.717) is 30.3 Å². The van der Waals surface area contributed by atoms with Crippen molar-refractivity contribution in [2.45, 2.75) is 45.1 Å². The number of fused-ring (bicyclic) bond motifs is 1. The Bertz CT molecular complexity index is 686. The lowest BCUT2D eigenvalue weighted by atomic mass is 9.95. The zero-order chi connectivity index (χ0) is 17.8. The van der Waals surface area contributed by atoms with Gasteiger partial charge in [0, 0.05) is 18.0 Å². The van der Waals surface area contributed by atoms with E-state index >= 15 is 0 Å². The fourth-order valence-corrected chi connectivity index (χ4v) is 4.54. The van der Waals surface area contributed by atoms with Crippen molar-refractivity contribution in [2.24, 2.45) is 0 Å². The van der Waals surface area contributed by atoms with Crippen molar-refractivity contribution in [3.63, 3.8) is 0 Å². The van der Waals surface area contributed by atoms with Crippen LogP contribution in [0.15, 0.2) is 0 Å². The number of rotatable bonds is 5. The number of nitrogens with one attached hydrogen (secondary N) is 3. The summed E-state index contributed by atoms with van der Waals surface area (Å²) in [7, 11) is 0. The first-order chi connectivity index (χ1) is 12.1. The molecule has 3 rings (SSSR count). The second-order valence-electron chi connectivity index (χ2n) is 6.19. The van der Waals surface area contributed by atoms with Crippen LogP contribution in [0.25, 0.3) is 0 Å². The number of ether oxygens (including phenoxy) is 1. The van der Waals surface area contributed by atoms with Crippen LogP contribution in [0.5, 0.6) is 0 Å². The van der Waals surface area contributed by atoms with Crippen molar-refractivity contribution < 1.29 is 19.1 Å². The van der Waals surface area contributed by atoms with Crippen molar-refractivity contribution in [3.8, 4) is 0 Å². The SMILES string of the molecule is CCOC(=O)c1c(NC(=O)C[C@H]2NCCNC2=O)sc2c1CCCC2. The van der Waals surface area contributed by atoms with E-state index < -0.39 is 6.04 Å². The molecule has 1 aliphatic heterocycles. The Labute approximate surface area is 150 Å². The second kappa shape index (κ2) is 7.97. The fraction of sp³-hybridized carbons (Fsp3) is 0.588. The average molecular weight is 365 g/mol. The standard InChI is InChI=1S/C17H23N3O4S/c1-2-24-17(23)14-10-5-3-4-6-12(10)25-16(14)20-13(21)9-11-15(22)19-8-7-18-11/h11,18H,2-9H2,1H3,(H,19,22)(H,20,21)/t11-/m1/s1. The van der Waals surface area contributed by atoms with Gasteiger partial charge in [0.2, 0.25) is 11.8 Å². The summed E-state index contributed by atoms with van der Waals surface area (Å²) in [6.07, 6.45) is 3.93. The van der Waals surface area contributed by atoms with Crippen LogP contribution in [0.2, 0.25) is 0 Å². The molecule has 0 aromatic carbocycles. The lowest BCUT2D eigenvalue weighted by molar-refractivity contribution is -0.127. The lowest BCUT2D eigenvalue weighted by Gasteiger charge is -2.22.